The molecule has 15 heavy (non-hydrogen) atoms. The van der Waals surface area contributed by atoms with Gasteiger partial charge in [0.05, 0.1) is 6.61 Å². The first-order valence-corrected chi connectivity index (χ1v) is 4.75. The molecule has 1 aromatic carbocycles. The molecule has 0 saturated heterocycles. The fourth-order valence-electron chi connectivity index (χ4n) is 1.54. The van der Waals surface area contributed by atoms with Crippen molar-refractivity contribution in [1.82, 2.24) is 9.97 Å². The number of rotatable bonds is 2. The Hall–Kier alpha value is -1.55. The van der Waals surface area contributed by atoms with E-state index in [1.165, 1.54) is 6.07 Å². The zero-order valence-electron chi connectivity index (χ0n) is 8.37. The molecule has 1 aromatic heterocycles. The van der Waals surface area contributed by atoms with E-state index >= 15 is 0 Å². The average Bonchev–Trinajstić information content (AvgIpc) is 2.20. The van der Waals surface area contributed by atoms with E-state index in [0.717, 1.165) is 11.1 Å². The van der Waals surface area contributed by atoms with Crippen molar-refractivity contribution in [2.75, 3.05) is 6.61 Å². The number of aliphatic hydroxyl groups excluding tert-OH is 1. The third kappa shape index (κ3) is 1.80. The molecule has 0 radical (unpaired) electrons. The van der Waals surface area contributed by atoms with E-state index in [0.29, 0.717) is 17.8 Å². The summed E-state index contributed by atoms with van der Waals surface area (Å²) in [5.74, 6) is 0.129. The highest BCUT2D eigenvalue weighted by Gasteiger charge is 2.07. The fraction of sp³-hybridized carbons (Fsp3) is 0.273. The minimum atomic E-state index is -0.350. The predicted molar refractivity (Wildman–Crippen MR) is 55.0 cm³/mol. The lowest BCUT2D eigenvalue weighted by atomic mass is 10.2. The molecule has 1 heterocycles. The third-order valence-corrected chi connectivity index (χ3v) is 2.25. The molecule has 0 aliphatic carbocycles. The second-order valence-corrected chi connectivity index (χ2v) is 3.33. The van der Waals surface area contributed by atoms with Crippen LogP contribution in [0.1, 0.15) is 11.5 Å². The summed E-state index contributed by atoms with van der Waals surface area (Å²) in [7, 11) is 0. The average molecular weight is 206 g/mol. The van der Waals surface area contributed by atoms with Gasteiger partial charge in [-0.05, 0) is 13.0 Å². The van der Waals surface area contributed by atoms with Crippen LogP contribution in [0, 0.1) is 12.7 Å². The van der Waals surface area contributed by atoms with E-state index in [9.17, 15) is 4.39 Å². The van der Waals surface area contributed by atoms with Crippen molar-refractivity contribution in [3.05, 3.63) is 35.5 Å². The maximum atomic E-state index is 13.4. The van der Waals surface area contributed by atoms with Crippen LogP contribution in [-0.4, -0.2) is 21.7 Å². The topological polar surface area (TPSA) is 46.0 Å². The first-order chi connectivity index (χ1) is 7.22. The Labute approximate surface area is 86.6 Å². The van der Waals surface area contributed by atoms with Gasteiger partial charge in [0.1, 0.15) is 17.2 Å². The van der Waals surface area contributed by atoms with Gasteiger partial charge in [-0.15, -0.1) is 0 Å². The Morgan fingerprint density at radius 1 is 1.33 bits per heavy atom. The Kier molecular flexibility index (Phi) is 2.60. The molecule has 2 rings (SSSR count). The van der Waals surface area contributed by atoms with E-state index in [4.69, 9.17) is 5.11 Å². The molecule has 4 heteroatoms. The molecule has 0 atom stereocenters. The highest BCUT2D eigenvalue weighted by molar-refractivity contribution is 5.81. The van der Waals surface area contributed by atoms with Gasteiger partial charge >= 0.3 is 0 Å². The summed E-state index contributed by atoms with van der Waals surface area (Å²) < 4.78 is 13.4. The number of halogens is 1. The Balaban J connectivity index is 2.68. The molecule has 0 fully saturated rings. The summed E-state index contributed by atoms with van der Waals surface area (Å²) in [5.41, 5.74) is 1.07. The number of fused-ring (bicyclic) bond motifs is 1. The van der Waals surface area contributed by atoms with Crippen LogP contribution in [0.4, 0.5) is 4.39 Å². The second kappa shape index (κ2) is 3.90. The standard InChI is InChI=1S/C11H11FN2O/c1-7-8-3-2-4-9(12)11(8)14-10(13-7)5-6-15/h2-4,15H,5-6H2,1H3. The fourth-order valence-corrected chi connectivity index (χ4v) is 1.54. The number of hydrogen-bond acceptors (Lipinski definition) is 3. The lowest BCUT2D eigenvalue weighted by Gasteiger charge is -2.04. The largest absolute Gasteiger partial charge is 0.396 e. The Morgan fingerprint density at radius 3 is 2.87 bits per heavy atom. The summed E-state index contributed by atoms with van der Waals surface area (Å²) in [6.45, 7) is 1.78. The smallest absolute Gasteiger partial charge is 0.149 e. The van der Waals surface area contributed by atoms with Crippen molar-refractivity contribution in [3.63, 3.8) is 0 Å². The minimum absolute atomic E-state index is 0.0284. The highest BCUT2D eigenvalue weighted by Crippen LogP contribution is 2.18. The quantitative estimate of drug-likeness (QED) is 0.812. The van der Waals surface area contributed by atoms with Gasteiger partial charge in [-0.1, -0.05) is 12.1 Å². The number of aryl methyl sites for hydroxylation is 1. The number of para-hydroxylation sites is 1. The lowest BCUT2D eigenvalue weighted by Crippen LogP contribution is -2.02. The van der Waals surface area contributed by atoms with Gasteiger partial charge in [0, 0.05) is 17.5 Å². The maximum absolute atomic E-state index is 13.4. The van der Waals surface area contributed by atoms with Crippen LogP contribution >= 0.6 is 0 Å². The summed E-state index contributed by atoms with van der Waals surface area (Å²) in [6, 6.07) is 4.80. The van der Waals surface area contributed by atoms with Crippen LogP contribution in [0.5, 0.6) is 0 Å². The SMILES string of the molecule is Cc1nc(CCO)nc2c(F)cccc12. The van der Waals surface area contributed by atoms with Gasteiger partial charge in [-0.3, -0.25) is 0 Å². The van der Waals surface area contributed by atoms with Crippen molar-refractivity contribution < 1.29 is 9.50 Å². The Morgan fingerprint density at radius 2 is 2.13 bits per heavy atom. The molecule has 3 nitrogen and oxygen atoms in total. The zero-order chi connectivity index (χ0) is 10.8. The Bertz CT molecular complexity index is 499. The van der Waals surface area contributed by atoms with Gasteiger partial charge in [0.15, 0.2) is 0 Å². The van der Waals surface area contributed by atoms with E-state index in [2.05, 4.69) is 9.97 Å². The maximum Gasteiger partial charge on any atom is 0.149 e. The molecule has 78 valence electrons. The number of aromatic nitrogens is 2. The van der Waals surface area contributed by atoms with Crippen molar-refractivity contribution >= 4 is 10.9 Å². The lowest BCUT2D eigenvalue weighted by molar-refractivity contribution is 0.296. The molecule has 0 bridgehead atoms. The van der Waals surface area contributed by atoms with Crippen molar-refractivity contribution in [2.24, 2.45) is 0 Å². The zero-order valence-corrected chi connectivity index (χ0v) is 8.37. The molecule has 0 unspecified atom stereocenters. The summed E-state index contributed by atoms with van der Waals surface area (Å²) in [6.07, 6.45) is 0.352. The molecule has 1 N–H and O–H groups in total. The number of aliphatic hydroxyl groups is 1. The van der Waals surface area contributed by atoms with Gasteiger partial charge in [0.25, 0.3) is 0 Å². The van der Waals surface area contributed by atoms with E-state index < -0.39 is 0 Å². The van der Waals surface area contributed by atoms with Gasteiger partial charge in [0.2, 0.25) is 0 Å². The first kappa shape index (κ1) is 9.98. The number of hydrogen-bond donors (Lipinski definition) is 1. The van der Waals surface area contributed by atoms with E-state index in [-0.39, 0.29) is 12.4 Å². The minimum Gasteiger partial charge on any atom is -0.396 e. The van der Waals surface area contributed by atoms with Crippen LogP contribution < -0.4 is 0 Å². The highest BCUT2D eigenvalue weighted by atomic mass is 19.1. The third-order valence-electron chi connectivity index (χ3n) is 2.25. The predicted octanol–water partition coefficient (Wildman–Crippen LogP) is 1.61. The van der Waals surface area contributed by atoms with Crippen LogP contribution in [0.2, 0.25) is 0 Å². The van der Waals surface area contributed by atoms with Crippen LogP contribution in [0.3, 0.4) is 0 Å². The monoisotopic (exact) mass is 206 g/mol. The number of nitrogens with zero attached hydrogens (tertiary/aromatic N) is 2. The summed E-state index contributed by atoms with van der Waals surface area (Å²) >= 11 is 0. The second-order valence-electron chi connectivity index (χ2n) is 3.33. The molecule has 0 aliphatic heterocycles. The molecule has 0 amide bonds. The molecular formula is C11H11FN2O. The normalized spacial score (nSPS) is 10.9. The van der Waals surface area contributed by atoms with Crippen molar-refractivity contribution in [2.45, 2.75) is 13.3 Å². The van der Waals surface area contributed by atoms with E-state index in [1.54, 1.807) is 12.1 Å². The molecule has 0 spiro atoms. The molecule has 0 saturated carbocycles. The molecule has 2 aromatic rings. The summed E-state index contributed by atoms with van der Waals surface area (Å²) in [4.78, 5) is 8.27. The van der Waals surface area contributed by atoms with Gasteiger partial charge < -0.3 is 5.11 Å². The van der Waals surface area contributed by atoms with Crippen LogP contribution in [0.25, 0.3) is 10.9 Å². The molecular weight excluding hydrogens is 195 g/mol. The first-order valence-electron chi connectivity index (χ1n) is 4.75. The number of benzene rings is 1. The van der Waals surface area contributed by atoms with Crippen LogP contribution in [0.15, 0.2) is 18.2 Å². The molecule has 0 aliphatic rings. The van der Waals surface area contributed by atoms with Crippen molar-refractivity contribution in [1.29, 1.82) is 0 Å². The van der Waals surface area contributed by atoms with Crippen molar-refractivity contribution in [3.8, 4) is 0 Å². The van der Waals surface area contributed by atoms with E-state index in [1.807, 2.05) is 6.92 Å². The van der Waals surface area contributed by atoms with Gasteiger partial charge in [-0.25, -0.2) is 14.4 Å². The van der Waals surface area contributed by atoms with Gasteiger partial charge in [-0.2, -0.15) is 0 Å². The van der Waals surface area contributed by atoms with Crippen LogP contribution in [-0.2, 0) is 6.42 Å². The summed E-state index contributed by atoms with van der Waals surface area (Å²) in [5, 5.41) is 9.50.